The van der Waals surface area contributed by atoms with Crippen molar-refractivity contribution in [2.24, 2.45) is 0 Å². The highest BCUT2D eigenvalue weighted by molar-refractivity contribution is 8.03. The molecule has 0 fully saturated rings. The number of nitrogens with two attached hydrogens (primary N) is 1. The zero-order chi connectivity index (χ0) is 12.3. The zero-order valence-electron chi connectivity index (χ0n) is 8.75. The number of hydrogen-bond acceptors (Lipinski definition) is 8. The molecule has 0 saturated carbocycles. The van der Waals surface area contributed by atoms with E-state index in [0.29, 0.717) is 10.2 Å². The summed E-state index contributed by atoms with van der Waals surface area (Å²) in [6, 6.07) is 1.65. The topological polar surface area (TPSA) is 77.6 Å². The summed E-state index contributed by atoms with van der Waals surface area (Å²) < 4.78 is 1.76. The fourth-order valence-electron chi connectivity index (χ4n) is 0.976. The largest absolute Gasteiger partial charge is 0.368 e. The molecule has 0 amide bonds. The molecule has 2 N–H and O–H groups in total. The Morgan fingerprint density at radius 2 is 2.12 bits per heavy atom. The number of nitrogen functional groups attached to an aromatic ring is 1. The van der Waals surface area contributed by atoms with Gasteiger partial charge < -0.3 is 5.73 Å². The summed E-state index contributed by atoms with van der Waals surface area (Å²) in [4.78, 5) is 7.85. The van der Waals surface area contributed by atoms with Crippen LogP contribution in [0.3, 0.4) is 0 Å². The number of hydrogen-bond donors (Lipinski definition) is 1. The molecule has 0 bridgehead atoms. The van der Waals surface area contributed by atoms with Crippen molar-refractivity contribution in [1.82, 2.24) is 20.2 Å². The van der Waals surface area contributed by atoms with Gasteiger partial charge in [-0.05, 0) is 17.5 Å². The fraction of sp³-hybridized carbons (Fsp3) is 0.250. The minimum absolute atomic E-state index is 0.160. The van der Waals surface area contributed by atoms with Crippen molar-refractivity contribution in [3.8, 4) is 0 Å². The summed E-state index contributed by atoms with van der Waals surface area (Å²) >= 11 is 10.4. The maximum Gasteiger partial charge on any atom is 0.222 e. The summed E-state index contributed by atoms with van der Waals surface area (Å²) in [7, 11) is 0. The van der Waals surface area contributed by atoms with Crippen LogP contribution in [0.15, 0.2) is 19.8 Å². The average Bonchev–Trinajstić information content (AvgIpc) is 2.64. The van der Waals surface area contributed by atoms with Gasteiger partial charge in [-0.1, -0.05) is 41.6 Å². The molecule has 90 valence electrons. The normalized spacial score (nSPS) is 10.7. The van der Waals surface area contributed by atoms with Crippen molar-refractivity contribution in [1.29, 1.82) is 0 Å². The van der Waals surface area contributed by atoms with E-state index in [1.54, 1.807) is 17.8 Å². The molecule has 0 radical (unpaired) electrons. The molecular weight excluding hydrogens is 298 g/mol. The van der Waals surface area contributed by atoms with Crippen LogP contribution in [0.5, 0.6) is 0 Å². The van der Waals surface area contributed by atoms with Crippen LogP contribution < -0.4 is 5.73 Å². The highest BCUT2D eigenvalue weighted by Crippen LogP contribution is 2.33. The summed E-state index contributed by atoms with van der Waals surface area (Å²) in [6.45, 7) is 2.07. The minimum atomic E-state index is 0.160. The monoisotopic (exact) mass is 305 g/mol. The second-order valence-corrected chi connectivity index (χ2v) is 6.90. The maximum atomic E-state index is 5.79. The Morgan fingerprint density at radius 1 is 1.35 bits per heavy atom. The third kappa shape index (κ3) is 3.70. The van der Waals surface area contributed by atoms with E-state index in [1.165, 1.54) is 23.1 Å². The second kappa shape index (κ2) is 5.85. The molecule has 0 atom stereocenters. The lowest BCUT2D eigenvalue weighted by Crippen LogP contribution is -1.95. The van der Waals surface area contributed by atoms with Gasteiger partial charge in [-0.15, -0.1) is 10.2 Å². The van der Waals surface area contributed by atoms with Gasteiger partial charge in [0, 0.05) is 6.07 Å². The standard InChI is InChI=1S/C8H8ClN5S3/c1-2-15-7-13-14-8(17-7)16-5-3-4(9)11-6(10)12-5/h3H,2H2,1H3,(H2,10,11,12). The van der Waals surface area contributed by atoms with Crippen LogP contribution in [-0.2, 0) is 0 Å². The number of halogens is 1. The molecule has 9 heteroatoms. The number of nitrogens with zero attached hydrogens (tertiary/aromatic N) is 4. The van der Waals surface area contributed by atoms with Gasteiger partial charge in [0.1, 0.15) is 10.2 Å². The number of rotatable bonds is 4. The Kier molecular flexibility index (Phi) is 4.43. The van der Waals surface area contributed by atoms with Crippen LogP contribution in [0.25, 0.3) is 0 Å². The van der Waals surface area contributed by atoms with Gasteiger partial charge in [-0.2, -0.15) is 0 Å². The molecule has 2 heterocycles. The van der Waals surface area contributed by atoms with Crippen molar-refractivity contribution in [3.05, 3.63) is 11.2 Å². The third-order valence-corrected chi connectivity index (χ3v) is 4.64. The molecule has 0 saturated heterocycles. The van der Waals surface area contributed by atoms with E-state index in [1.807, 2.05) is 0 Å². The highest BCUT2D eigenvalue weighted by Gasteiger charge is 2.08. The lowest BCUT2D eigenvalue weighted by Gasteiger charge is -1.98. The number of aromatic nitrogens is 4. The van der Waals surface area contributed by atoms with Crippen molar-refractivity contribution in [3.63, 3.8) is 0 Å². The first-order chi connectivity index (χ1) is 8.17. The van der Waals surface area contributed by atoms with Crippen LogP contribution in [0.1, 0.15) is 6.92 Å². The quantitative estimate of drug-likeness (QED) is 0.687. The van der Waals surface area contributed by atoms with Gasteiger partial charge >= 0.3 is 0 Å². The van der Waals surface area contributed by atoms with Gasteiger partial charge in [-0.3, -0.25) is 0 Å². The smallest absolute Gasteiger partial charge is 0.222 e. The lowest BCUT2D eigenvalue weighted by molar-refractivity contribution is 0.951. The van der Waals surface area contributed by atoms with Crippen LogP contribution in [0.4, 0.5) is 5.95 Å². The summed E-state index contributed by atoms with van der Waals surface area (Å²) in [6.07, 6.45) is 0. The Hall–Kier alpha value is -0.570. The molecule has 0 spiro atoms. The van der Waals surface area contributed by atoms with Gasteiger partial charge in [0.05, 0.1) is 0 Å². The predicted octanol–water partition coefficient (Wildman–Crippen LogP) is 2.83. The summed E-state index contributed by atoms with van der Waals surface area (Å²) in [5, 5.41) is 9.11. The minimum Gasteiger partial charge on any atom is -0.368 e. The molecule has 5 nitrogen and oxygen atoms in total. The molecule has 0 aliphatic rings. The van der Waals surface area contributed by atoms with E-state index < -0.39 is 0 Å². The molecule has 0 aliphatic heterocycles. The molecule has 0 aromatic carbocycles. The SMILES string of the molecule is CCSc1nnc(Sc2cc(Cl)nc(N)n2)s1. The molecule has 17 heavy (non-hydrogen) atoms. The second-order valence-electron chi connectivity index (χ2n) is 2.76. The lowest BCUT2D eigenvalue weighted by atomic mass is 10.7. The fourth-order valence-corrected chi connectivity index (χ4v) is 4.10. The van der Waals surface area contributed by atoms with Crippen LogP contribution in [0, 0.1) is 0 Å². The van der Waals surface area contributed by atoms with Crippen molar-refractivity contribution >= 4 is 52.4 Å². The van der Waals surface area contributed by atoms with Crippen molar-refractivity contribution in [2.45, 2.75) is 20.6 Å². The van der Waals surface area contributed by atoms with Gasteiger partial charge in [0.15, 0.2) is 8.68 Å². The molecule has 2 aromatic heterocycles. The van der Waals surface area contributed by atoms with Crippen LogP contribution in [-0.4, -0.2) is 25.9 Å². The Balaban J connectivity index is 2.13. The van der Waals surface area contributed by atoms with E-state index in [4.69, 9.17) is 17.3 Å². The highest BCUT2D eigenvalue weighted by atomic mass is 35.5. The maximum absolute atomic E-state index is 5.79. The molecular formula is C8H8ClN5S3. The Morgan fingerprint density at radius 3 is 2.82 bits per heavy atom. The average molecular weight is 306 g/mol. The summed E-state index contributed by atoms with van der Waals surface area (Å²) in [5.74, 6) is 1.14. The van der Waals surface area contributed by atoms with E-state index >= 15 is 0 Å². The van der Waals surface area contributed by atoms with Crippen molar-refractivity contribution < 1.29 is 0 Å². The number of anilines is 1. The zero-order valence-corrected chi connectivity index (χ0v) is 12.0. The van der Waals surface area contributed by atoms with Gasteiger partial charge in [-0.25, -0.2) is 9.97 Å². The Labute approximate surface area is 116 Å². The Bertz CT molecular complexity index is 497. The molecule has 2 rings (SSSR count). The first kappa shape index (κ1) is 12.9. The molecule has 0 aliphatic carbocycles. The van der Waals surface area contributed by atoms with Crippen molar-refractivity contribution in [2.75, 3.05) is 11.5 Å². The van der Waals surface area contributed by atoms with Gasteiger partial charge in [0.25, 0.3) is 0 Å². The molecule has 2 aromatic rings. The first-order valence-electron chi connectivity index (χ1n) is 4.61. The van der Waals surface area contributed by atoms with Gasteiger partial charge in [0.2, 0.25) is 5.95 Å². The van der Waals surface area contributed by atoms with E-state index in [-0.39, 0.29) is 5.95 Å². The van der Waals surface area contributed by atoms with Crippen LogP contribution >= 0.6 is 46.5 Å². The first-order valence-corrected chi connectivity index (χ1v) is 7.61. The third-order valence-electron chi connectivity index (χ3n) is 1.54. The van der Waals surface area contributed by atoms with Crippen LogP contribution in [0.2, 0.25) is 5.15 Å². The van der Waals surface area contributed by atoms with E-state index in [9.17, 15) is 0 Å². The predicted molar refractivity (Wildman–Crippen MR) is 71.9 cm³/mol. The summed E-state index contributed by atoms with van der Waals surface area (Å²) in [5.41, 5.74) is 5.51. The molecule has 0 unspecified atom stereocenters. The number of thioether (sulfide) groups is 1. The van der Waals surface area contributed by atoms with E-state index in [2.05, 4.69) is 27.1 Å². The van der Waals surface area contributed by atoms with E-state index in [0.717, 1.165) is 14.4 Å².